The van der Waals surface area contributed by atoms with Gasteiger partial charge in [0.25, 0.3) is 0 Å². The number of hydrogen-bond donors (Lipinski definition) is 2. The zero-order valence-electron chi connectivity index (χ0n) is 11.3. The number of benzene rings is 1. The predicted molar refractivity (Wildman–Crippen MR) is 80.4 cm³/mol. The number of hydrogen-bond acceptors (Lipinski definition) is 4. The van der Waals surface area contributed by atoms with Gasteiger partial charge in [-0.3, -0.25) is 0 Å². The lowest BCUT2D eigenvalue weighted by molar-refractivity contribution is 1.05. The quantitative estimate of drug-likeness (QED) is 0.892. The first-order chi connectivity index (χ1) is 9.15. The van der Waals surface area contributed by atoms with Gasteiger partial charge in [-0.05, 0) is 31.0 Å². The van der Waals surface area contributed by atoms with Gasteiger partial charge in [-0.15, -0.1) is 0 Å². The van der Waals surface area contributed by atoms with Gasteiger partial charge >= 0.3 is 0 Å². The number of anilines is 3. The van der Waals surface area contributed by atoms with Crippen molar-refractivity contribution in [3.8, 4) is 0 Å². The van der Waals surface area contributed by atoms with Crippen LogP contribution < -0.4 is 10.6 Å². The van der Waals surface area contributed by atoms with Crippen LogP contribution in [0.4, 0.5) is 17.3 Å². The van der Waals surface area contributed by atoms with E-state index in [-0.39, 0.29) is 0 Å². The fraction of sp³-hybridized carbons (Fsp3) is 0.286. The van der Waals surface area contributed by atoms with Crippen molar-refractivity contribution in [3.63, 3.8) is 0 Å². The second kappa shape index (κ2) is 5.89. The van der Waals surface area contributed by atoms with E-state index >= 15 is 0 Å². The Hall–Kier alpha value is -1.81. The lowest BCUT2D eigenvalue weighted by Crippen LogP contribution is -2.05. The van der Waals surface area contributed by atoms with Crippen molar-refractivity contribution in [1.82, 2.24) is 9.97 Å². The molecule has 100 valence electrons. The maximum Gasteiger partial charge on any atom is 0.139 e. The van der Waals surface area contributed by atoms with Gasteiger partial charge in [0.1, 0.15) is 18.0 Å². The van der Waals surface area contributed by atoms with E-state index in [0.29, 0.717) is 5.02 Å². The van der Waals surface area contributed by atoms with Crippen molar-refractivity contribution in [3.05, 3.63) is 40.7 Å². The van der Waals surface area contributed by atoms with Crippen LogP contribution in [0, 0.1) is 6.92 Å². The minimum Gasteiger partial charge on any atom is -0.373 e. The summed E-state index contributed by atoms with van der Waals surface area (Å²) in [7, 11) is 1.85. The van der Waals surface area contributed by atoms with Crippen LogP contribution in [0.25, 0.3) is 0 Å². The highest BCUT2D eigenvalue weighted by Gasteiger charge is 2.10. The number of rotatable bonds is 4. The SMILES string of the molecule is CCc1c(NC)ncnc1Nc1ccc(C)cc1Cl. The van der Waals surface area contributed by atoms with Crippen molar-refractivity contribution < 1.29 is 0 Å². The Kier molecular flexibility index (Phi) is 4.22. The number of nitrogens with one attached hydrogen (secondary N) is 2. The van der Waals surface area contributed by atoms with Crippen LogP contribution in [-0.4, -0.2) is 17.0 Å². The molecule has 0 aliphatic heterocycles. The number of aryl methyl sites for hydroxylation is 1. The minimum atomic E-state index is 0.687. The van der Waals surface area contributed by atoms with Gasteiger partial charge in [0.2, 0.25) is 0 Å². The highest BCUT2D eigenvalue weighted by Crippen LogP contribution is 2.28. The minimum absolute atomic E-state index is 0.687. The number of halogens is 1. The highest BCUT2D eigenvalue weighted by molar-refractivity contribution is 6.33. The Balaban J connectivity index is 2.37. The normalized spacial score (nSPS) is 10.3. The molecule has 0 bridgehead atoms. The Morgan fingerprint density at radius 2 is 1.95 bits per heavy atom. The average molecular weight is 277 g/mol. The average Bonchev–Trinajstić information content (AvgIpc) is 2.41. The lowest BCUT2D eigenvalue weighted by atomic mass is 10.2. The molecule has 1 heterocycles. The molecule has 19 heavy (non-hydrogen) atoms. The molecular formula is C14H17ClN4. The van der Waals surface area contributed by atoms with Gasteiger partial charge in [0.15, 0.2) is 0 Å². The first-order valence-corrected chi connectivity index (χ1v) is 6.58. The molecule has 0 fully saturated rings. The van der Waals surface area contributed by atoms with Crippen molar-refractivity contribution >= 4 is 28.9 Å². The van der Waals surface area contributed by atoms with Crippen molar-refractivity contribution in [2.75, 3.05) is 17.7 Å². The van der Waals surface area contributed by atoms with Gasteiger partial charge in [0, 0.05) is 12.6 Å². The fourth-order valence-electron chi connectivity index (χ4n) is 1.92. The van der Waals surface area contributed by atoms with Gasteiger partial charge < -0.3 is 10.6 Å². The Morgan fingerprint density at radius 1 is 1.21 bits per heavy atom. The first kappa shape index (κ1) is 13.6. The molecule has 1 aromatic carbocycles. The largest absolute Gasteiger partial charge is 0.373 e. The summed E-state index contributed by atoms with van der Waals surface area (Å²) in [4.78, 5) is 8.51. The van der Waals surface area contributed by atoms with E-state index < -0.39 is 0 Å². The van der Waals surface area contributed by atoms with E-state index in [1.54, 1.807) is 0 Å². The summed E-state index contributed by atoms with van der Waals surface area (Å²) >= 11 is 6.23. The van der Waals surface area contributed by atoms with E-state index in [0.717, 1.165) is 34.9 Å². The zero-order valence-corrected chi connectivity index (χ0v) is 12.0. The molecule has 0 aliphatic rings. The first-order valence-electron chi connectivity index (χ1n) is 6.20. The molecular weight excluding hydrogens is 260 g/mol. The van der Waals surface area contributed by atoms with Gasteiger partial charge in [-0.2, -0.15) is 0 Å². The van der Waals surface area contributed by atoms with Crippen LogP contribution >= 0.6 is 11.6 Å². The summed E-state index contributed by atoms with van der Waals surface area (Å²) in [6.07, 6.45) is 2.37. The summed E-state index contributed by atoms with van der Waals surface area (Å²) in [5.41, 5.74) is 3.02. The predicted octanol–water partition coefficient (Wildman–Crippen LogP) is 3.79. The topological polar surface area (TPSA) is 49.8 Å². The summed E-state index contributed by atoms with van der Waals surface area (Å²) < 4.78 is 0. The van der Waals surface area contributed by atoms with Crippen molar-refractivity contribution in [2.45, 2.75) is 20.3 Å². The lowest BCUT2D eigenvalue weighted by Gasteiger charge is -2.14. The third-order valence-electron chi connectivity index (χ3n) is 2.91. The zero-order chi connectivity index (χ0) is 13.8. The maximum atomic E-state index is 6.23. The van der Waals surface area contributed by atoms with Crippen molar-refractivity contribution in [1.29, 1.82) is 0 Å². The molecule has 0 aliphatic carbocycles. The van der Waals surface area contributed by atoms with E-state index in [1.165, 1.54) is 6.33 Å². The molecule has 0 amide bonds. The summed E-state index contributed by atoms with van der Waals surface area (Å²) in [6, 6.07) is 5.90. The molecule has 2 N–H and O–H groups in total. The van der Waals surface area contributed by atoms with Crippen molar-refractivity contribution in [2.24, 2.45) is 0 Å². The van der Waals surface area contributed by atoms with Crippen LogP contribution in [0.3, 0.4) is 0 Å². The molecule has 0 atom stereocenters. The summed E-state index contributed by atoms with van der Waals surface area (Å²) in [5.74, 6) is 1.62. The van der Waals surface area contributed by atoms with E-state index in [2.05, 4.69) is 27.5 Å². The van der Waals surface area contributed by atoms with Gasteiger partial charge in [-0.25, -0.2) is 9.97 Å². The monoisotopic (exact) mass is 276 g/mol. The van der Waals surface area contributed by atoms with Crippen LogP contribution in [0.5, 0.6) is 0 Å². The van der Waals surface area contributed by atoms with E-state index in [4.69, 9.17) is 11.6 Å². The van der Waals surface area contributed by atoms with Crippen LogP contribution in [0.2, 0.25) is 5.02 Å². The van der Waals surface area contributed by atoms with E-state index in [9.17, 15) is 0 Å². The molecule has 0 spiro atoms. The summed E-state index contributed by atoms with van der Waals surface area (Å²) in [6.45, 7) is 4.08. The molecule has 5 heteroatoms. The second-order valence-corrected chi connectivity index (χ2v) is 4.67. The molecule has 4 nitrogen and oxygen atoms in total. The van der Waals surface area contributed by atoms with Gasteiger partial charge in [-0.1, -0.05) is 24.6 Å². The van der Waals surface area contributed by atoms with Crippen LogP contribution in [0.15, 0.2) is 24.5 Å². The number of nitrogens with zero attached hydrogens (tertiary/aromatic N) is 2. The molecule has 1 aromatic heterocycles. The van der Waals surface area contributed by atoms with Crippen LogP contribution in [-0.2, 0) is 6.42 Å². The third-order valence-corrected chi connectivity index (χ3v) is 3.23. The molecule has 0 unspecified atom stereocenters. The third kappa shape index (κ3) is 2.96. The molecule has 2 rings (SSSR count). The Bertz CT molecular complexity index is 584. The number of aromatic nitrogens is 2. The van der Waals surface area contributed by atoms with Gasteiger partial charge in [0.05, 0.1) is 10.7 Å². The molecule has 2 aromatic rings. The standard InChI is InChI=1S/C14H17ClN4/c1-4-10-13(16-3)17-8-18-14(10)19-12-6-5-9(2)7-11(12)15/h5-8H,4H2,1-3H3,(H2,16,17,18,19). The Morgan fingerprint density at radius 3 is 2.58 bits per heavy atom. The smallest absolute Gasteiger partial charge is 0.139 e. The molecule has 0 saturated heterocycles. The molecule has 0 radical (unpaired) electrons. The van der Waals surface area contributed by atoms with Crippen LogP contribution in [0.1, 0.15) is 18.1 Å². The summed E-state index contributed by atoms with van der Waals surface area (Å²) in [5, 5.41) is 7.03. The maximum absolute atomic E-state index is 6.23. The fourth-order valence-corrected chi connectivity index (χ4v) is 2.20. The molecule has 0 saturated carbocycles. The highest BCUT2D eigenvalue weighted by atomic mass is 35.5. The second-order valence-electron chi connectivity index (χ2n) is 4.26. The Labute approximate surface area is 118 Å². The van der Waals surface area contributed by atoms with E-state index in [1.807, 2.05) is 32.2 Å².